The fourth-order valence-electron chi connectivity index (χ4n) is 3.19. The zero-order valence-electron chi connectivity index (χ0n) is 16.4. The Morgan fingerprint density at radius 1 is 1.17 bits per heavy atom. The van der Waals surface area contributed by atoms with E-state index >= 15 is 0 Å². The molecule has 152 valence electrons. The normalized spacial score (nSPS) is 11.1. The Morgan fingerprint density at radius 2 is 1.90 bits per heavy atom. The van der Waals surface area contributed by atoms with E-state index in [-0.39, 0.29) is 35.6 Å². The van der Waals surface area contributed by atoms with E-state index in [1.54, 1.807) is 20.0 Å². The van der Waals surface area contributed by atoms with Crippen molar-refractivity contribution in [3.05, 3.63) is 59.3 Å². The van der Waals surface area contributed by atoms with Crippen LogP contribution in [0, 0.1) is 11.3 Å². The molecular formula is C18H21N7O4. The standard InChI is InChI=1S/C18H21N7O4/c1-4-6-7-24-14-13(15(26)21-17(24)28)22(3)12(20-14)10-25-16(27)11(8-19)9-23(5-2)18(25)29/h9H,4-7,10H2,1-3H3,(H,21,26,28). The van der Waals surface area contributed by atoms with Gasteiger partial charge in [0.2, 0.25) is 0 Å². The molecule has 0 unspecified atom stereocenters. The maximum Gasteiger partial charge on any atom is 0.331 e. The fourth-order valence-corrected chi connectivity index (χ4v) is 3.19. The molecule has 0 saturated heterocycles. The number of nitriles is 1. The highest BCUT2D eigenvalue weighted by molar-refractivity contribution is 5.70. The van der Waals surface area contributed by atoms with Crippen LogP contribution in [-0.2, 0) is 26.7 Å². The van der Waals surface area contributed by atoms with Crippen LogP contribution in [0.3, 0.4) is 0 Å². The number of aryl methyl sites for hydroxylation is 3. The van der Waals surface area contributed by atoms with Gasteiger partial charge in [0.15, 0.2) is 11.2 Å². The molecule has 0 radical (unpaired) electrons. The average molecular weight is 399 g/mol. The first-order valence-electron chi connectivity index (χ1n) is 9.26. The number of H-pyrrole nitrogens is 1. The average Bonchev–Trinajstić information content (AvgIpc) is 3.01. The van der Waals surface area contributed by atoms with Crippen molar-refractivity contribution in [3.63, 3.8) is 0 Å². The van der Waals surface area contributed by atoms with E-state index in [9.17, 15) is 24.4 Å². The highest BCUT2D eigenvalue weighted by atomic mass is 16.2. The molecule has 29 heavy (non-hydrogen) atoms. The molecular weight excluding hydrogens is 378 g/mol. The smallest absolute Gasteiger partial charge is 0.324 e. The first-order chi connectivity index (χ1) is 13.8. The van der Waals surface area contributed by atoms with E-state index in [0.717, 1.165) is 17.4 Å². The maximum atomic E-state index is 12.6. The lowest BCUT2D eigenvalue weighted by Crippen LogP contribution is -2.41. The van der Waals surface area contributed by atoms with Crippen molar-refractivity contribution in [2.45, 2.75) is 46.3 Å². The van der Waals surface area contributed by atoms with Gasteiger partial charge < -0.3 is 4.57 Å². The summed E-state index contributed by atoms with van der Waals surface area (Å²) in [6.07, 6.45) is 2.79. The van der Waals surface area contributed by atoms with E-state index in [2.05, 4.69) is 9.97 Å². The van der Waals surface area contributed by atoms with E-state index in [4.69, 9.17) is 0 Å². The largest absolute Gasteiger partial charge is 0.331 e. The molecule has 3 rings (SSSR count). The molecule has 0 fully saturated rings. The molecule has 3 aromatic heterocycles. The molecule has 1 N–H and O–H groups in total. The summed E-state index contributed by atoms with van der Waals surface area (Å²) in [5.41, 5.74) is -2.25. The van der Waals surface area contributed by atoms with Crippen molar-refractivity contribution in [2.24, 2.45) is 7.05 Å². The summed E-state index contributed by atoms with van der Waals surface area (Å²) in [5, 5.41) is 9.19. The third kappa shape index (κ3) is 3.33. The predicted molar refractivity (Wildman–Crippen MR) is 105 cm³/mol. The number of rotatable bonds is 6. The van der Waals surface area contributed by atoms with Crippen molar-refractivity contribution in [1.82, 2.24) is 28.2 Å². The molecule has 0 aliphatic rings. The van der Waals surface area contributed by atoms with Gasteiger partial charge in [-0.1, -0.05) is 13.3 Å². The molecule has 0 aliphatic heterocycles. The summed E-state index contributed by atoms with van der Waals surface area (Å²) in [4.78, 5) is 56.4. The lowest BCUT2D eigenvalue weighted by atomic mass is 10.3. The summed E-state index contributed by atoms with van der Waals surface area (Å²) in [5.74, 6) is 0.248. The summed E-state index contributed by atoms with van der Waals surface area (Å²) in [6, 6.07) is 1.79. The number of hydrogen-bond donors (Lipinski definition) is 1. The highest BCUT2D eigenvalue weighted by Crippen LogP contribution is 2.10. The molecule has 11 heteroatoms. The Labute approximate surface area is 164 Å². The number of aromatic amines is 1. The number of imidazole rings is 1. The van der Waals surface area contributed by atoms with Crippen molar-refractivity contribution in [3.8, 4) is 6.07 Å². The van der Waals surface area contributed by atoms with Crippen molar-refractivity contribution >= 4 is 11.2 Å². The molecule has 0 spiro atoms. The molecule has 0 saturated carbocycles. The van der Waals surface area contributed by atoms with Gasteiger partial charge in [0.1, 0.15) is 17.5 Å². The van der Waals surface area contributed by atoms with Crippen LogP contribution in [-0.4, -0.2) is 28.2 Å². The maximum absolute atomic E-state index is 12.6. The molecule has 0 aliphatic carbocycles. The monoisotopic (exact) mass is 399 g/mol. The molecule has 0 amide bonds. The van der Waals surface area contributed by atoms with E-state index in [1.807, 2.05) is 6.92 Å². The summed E-state index contributed by atoms with van der Waals surface area (Å²) in [6.45, 7) is 4.13. The molecule has 3 aromatic rings. The van der Waals surface area contributed by atoms with Crippen molar-refractivity contribution < 1.29 is 0 Å². The van der Waals surface area contributed by atoms with Gasteiger partial charge in [0.05, 0.1) is 6.54 Å². The minimum atomic E-state index is -0.730. The van der Waals surface area contributed by atoms with Crippen LogP contribution < -0.4 is 22.5 Å². The van der Waals surface area contributed by atoms with Gasteiger partial charge in [-0.05, 0) is 13.3 Å². The van der Waals surface area contributed by atoms with Gasteiger partial charge >= 0.3 is 11.4 Å². The van der Waals surface area contributed by atoms with Crippen molar-refractivity contribution in [2.75, 3.05) is 0 Å². The Hall–Kier alpha value is -3.68. The lowest BCUT2D eigenvalue weighted by Gasteiger charge is -2.09. The Kier molecular flexibility index (Phi) is 5.36. The summed E-state index contributed by atoms with van der Waals surface area (Å²) in [7, 11) is 1.58. The van der Waals surface area contributed by atoms with Gasteiger partial charge in [-0.2, -0.15) is 5.26 Å². The first-order valence-corrected chi connectivity index (χ1v) is 9.26. The zero-order valence-corrected chi connectivity index (χ0v) is 16.4. The van der Waals surface area contributed by atoms with Crippen LogP contribution in [0.15, 0.2) is 25.4 Å². The fraction of sp³-hybridized carbons (Fsp3) is 0.444. The topological polar surface area (TPSA) is 140 Å². The van der Waals surface area contributed by atoms with Crippen LogP contribution in [0.25, 0.3) is 11.2 Å². The molecule has 11 nitrogen and oxygen atoms in total. The Bertz CT molecular complexity index is 1360. The summed E-state index contributed by atoms with van der Waals surface area (Å²) >= 11 is 0. The third-order valence-corrected chi connectivity index (χ3v) is 4.84. The second-order valence-electron chi connectivity index (χ2n) is 6.64. The summed E-state index contributed by atoms with van der Waals surface area (Å²) < 4.78 is 5.00. The number of nitrogens with zero attached hydrogens (tertiary/aromatic N) is 6. The second kappa shape index (κ2) is 7.75. The number of unbranched alkanes of at least 4 members (excludes halogenated alkanes) is 1. The van der Waals surface area contributed by atoms with Crippen molar-refractivity contribution in [1.29, 1.82) is 5.26 Å². The number of fused-ring (bicyclic) bond motifs is 1. The minimum absolute atomic E-state index is 0.164. The Balaban J connectivity index is 2.25. The van der Waals surface area contributed by atoms with Gasteiger partial charge in [0.25, 0.3) is 11.1 Å². The highest BCUT2D eigenvalue weighted by Gasteiger charge is 2.19. The number of hydrogen-bond acceptors (Lipinski definition) is 6. The van der Waals surface area contributed by atoms with Gasteiger partial charge in [-0.25, -0.2) is 14.6 Å². The molecule has 3 heterocycles. The van der Waals surface area contributed by atoms with E-state index in [0.29, 0.717) is 6.54 Å². The van der Waals surface area contributed by atoms with Crippen LogP contribution in [0.2, 0.25) is 0 Å². The number of nitrogens with one attached hydrogen (secondary N) is 1. The van der Waals surface area contributed by atoms with Gasteiger partial charge in [-0.15, -0.1) is 0 Å². The first kappa shape index (κ1) is 20.1. The minimum Gasteiger partial charge on any atom is -0.324 e. The van der Waals surface area contributed by atoms with Crippen LogP contribution in [0.4, 0.5) is 0 Å². The molecule has 0 aromatic carbocycles. The number of aromatic nitrogens is 6. The molecule has 0 bridgehead atoms. The lowest BCUT2D eigenvalue weighted by molar-refractivity contribution is 0.577. The van der Waals surface area contributed by atoms with Gasteiger partial charge in [-0.3, -0.25) is 28.3 Å². The van der Waals surface area contributed by atoms with Crippen LogP contribution in [0.5, 0.6) is 0 Å². The second-order valence-corrected chi connectivity index (χ2v) is 6.64. The quantitative estimate of drug-likeness (QED) is 0.592. The van der Waals surface area contributed by atoms with Crippen LogP contribution >= 0.6 is 0 Å². The predicted octanol–water partition coefficient (Wildman–Crippen LogP) is -0.513. The molecule has 0 atom stereocenters. The SMILES string of the molecule is CCCCn1c(=O)[nH]c(=O)c2c1nc(Cn1c(=O)c(C#N)cn(CC)c1=O)n2C. The third-order valence-electron chi connectivity index (χ3n) is 4.84. The van der Waals surface area contributed by atoms with Crippen LogP contribution in [0.1, 0.15) is 38.1 Å². The zero-order chi connectivity index (χ0) is 21.3. The Morgan fingerprint density at radius 3 is 2.52 bits per heavy atom. The van der Waals surface area contributed by atoms with E-state index in [1.165, 1.54) is 19.9 Å². The van der Waals surface area contributed by atoms with Gasteiger partial charge in [0, 0.05) is 26.3 Å². The van der Waals surface area contributed by atoms with E-state index < -0.39 is 22.5 Å².